The Bertz CT molecular complexity index is 1150. The minimum absolute atomic E-state index is 0.0106. The van der Waals surface area contributed by atoms with E-state index in [9.17, 15) is 18.0 Å². The first kappa shape index (κ1) is 18.7. The molecule has 0 atom stereocenters. The second kappa shape index (κ2) is 7.63. The van der Waals surface area contributed by atoms with E-state index in [4.69, 9.17) is 4.42 Å². The van der Waals surface area contributed by atoms with Crippen LogP contribution in [0.25, 0.3) is 11.0 Å². The second-order valence-corrected chi connectivity index (χ2v) is 7.80. The quantitative estimate of drug-likeness (QED) is 0.633. The zero-order chi connectivity index (χ0) is 19.4. The van der Waals surface area contributed by atoms with Crippen LogP contribution in [0.15, 0.2) is 63.8 Å². The molecule has 0 saturated heterocycles. The molecule has 7 nitrogen and oxygen atoms in total. The lowest BCUT2D eigenvalue weighted by molar-refractivity contribution is 0.102. The van der Waals surface area contributed by atoms with E-state index in [0.717, 1.165) is 0 Å². The van der Waals surface area contributed by atoms with Crippen LogP contribution in [0.4, 0.5) is 11.4 Å². The van der Waals surface area contributed by atoms with Gasteiger partial charge in [-0.1, -0.05) is 13.0 Å². The van der Waals surface area contributed by atoms with Gasteiger partial charge in [-0.2, -0.15) is 0 Å². The highest BCUT2D eigenvalue weighted by molar-refractivity contribution is 7.92. The molecule has 1 aromatic heterocycles. The second-order valence-electron chi connectivity index (χ2n) is 5.96. The first-order valence-corrected chi connectivity index (χ1v) is 9.97. The molecule has 2 N–H and O–H groups in total. The molecule has 3 aromatic rings. The Morgan fingerprint density at radius 2 is 1.85 bits per heavy atom. The maximum absolute atomic E-state index is 12.5. The van der Waals surface area contributed by atoms with Gasteiger partial charge in [-0.3, -0.25) is 9.52 Å². The molecule has 0 saturated carbocycles. The standard InChI is InChI=1S/C19H18N2O5S/c1-2-10-27(24,25)21-16-5-3-4-14(12-16)19(23)20-15-7-8-17-13(11-15)6-9-18(22)26-17/h3-9,11-12,21H,2,10H2,1H3,(H,20,23). The Hall–Kier alpha value is -3.13. The Morgan fingerprint density at radius 3 is 2.63 bits per heavy atom. The van der Waals surface area contributed by atoms with Crippen molar-refractivity contribution < 1.29 is 17.6 Å². The summed E-state index contributed by atoms with van der Waals surface area (Å²) < 4.78 is 31.3. The van der Waals surface area contributed by atoms with Crippen LogP contribution < -0.4 is 15.7 Å². The van der Waals surface area contributed by atoms with Crippen LogP contribution in [-0.2, 0) is 10.0 Å². The predicted molar refractivity (Wildman–Crippen MR) is 105 cm³/mol. The van der Waals surface area contributed by atoms with Crippen LogP contribution in [0.2, 0.25) is 0 Å². The zero-order valence-corrected chi connectivity index (χ0v) is 15.4. The number of fused-ring (bicyclic) bond motifs is 1. The number of sulfonamides is 1. The van der Waals surface area contributed by atoms with Crippen molar-refractivity contribution in [3.8, 4) is 0 Å². The van der Waals surface area contributed by atoms with Gasteiger partial charge in [0.15, 0.2) is 0 Å². The molecule has 0 bridgehead atoms. The monoisotopic (exact) mass is 386 g/mol. The first-order chi connectivity index (χ1) is 12.9. The Kier molecular flexibility index (Phi) is 5.27. The number of nitrogens with one attached hydrogen (secondary N) is 2. The van der Waals surface area contributed by atoms with Crippen LogP contribution in [0.3, 0.4) is 0 Å². The molecule has 0 fully saturated rings. The summed E-state index contributed by atoms with van der Waals surface area (Å²) >= 11 is 0. The fourth-order valence-corrected chi connectivity index (χ4v) is 3.70. The van der Waals surface area contributed by atoms with Gasteiger partial charge in [0.2, 0.25) is 10.0 Å². The lowest BCUT2D eigenvalue weighted by Gasteiger charge is -2.10. The van der Waals surface area contributed by atoms with Crippen molar-refractivity contribution in [2.45, 2.75) is 13.3 Å². The van der Waals surface area contributed by atoms with E-state index in [1.807, 2.05) is 0 Å². The summed E-state index contributed by atoms with van der Waals surface area (Å²) in [5.41, 5.74) is 1.15. The Labute approximate surface area is 156 Å². The molecule has 3 rings (SSSR count). The zero-order valence-electron chi connectivity index (χ0n) is 14.6. The molecule has 8 heteroatoms. The maximum Gasteiger partial charge on any atom is 0.336 e. The smallest absolute Gasteiger partial charge is 0.336 e. The molecular formula is C19H18N2O5S. The molecule has 0 spiro atoms. The van der Waals surface area contributed by atoms with Gasteiger partial charge in [0, 0.05) is 28.4 Å². The van der Waals surface area contributed by atoms with Gasteiger partial charge in [0.25, 0.3) is 5.91 Å². The molecule has 27 heavy (non-hydrogen) atoms. The van der Waals surface area contributed by atoms with Crippen LogP contribution in [0.1, 0.15) is 23.7 Å². The van der Waals surface area contributed by atoms with Crippen molar-refractivity contribution in [1.82, 2.24) is 0 Å². The van der Waals surface area contributed by atoms with Gasteiger partial charge in [0.05, 0.1) is 5.75 Å². The van der Waals surface area contributed by atoms with Crippen LogP contribution in [-0.4, -0.2) is 20.1 Å². The Balaban J connectivity index is 1.79. The third kappa shape index (κ3) is 4.73. The summed E-state index contributed by atoms with van der Waals surface area (Å²) in [7, 11) is -3.43. The average Bonchev–Trinajstić information content (AvgIpc) is 2.61. The van der Waals surface area contributed by atoms with E-state index in [1.54, 1.807) is 49.4 Å². The van der Waals surface area contributed by atoms with Gasteiger partial charge in [-0.25, -0.2) is 13.2 Å². The van der Waals surface area contributed by atoms with Crippen LogP contribution in [0, 0.1) is 0 Å². The number of hydrogen-bond donors (Lipinski definition) is 2. The van der Waals surface area contributed by atoms with Crippen molar-refractivity contribution in [3.63, 3.8) is 0 Å². The van der Waals surface area contributed by atoms with E-state index in [1.165, 1.54) is 12.1 Å². The van der Waals surface area contributed by atoms with Gasteiger partial charge >= 0.3 is 5.63 Å². The molecular weight excluding hydrogens is 368 g/mol. The number of hydrogen-bond acceptors (Lipinski definition) is 5. The summed E-state index contributed by atoms with van der Waals surface area (Å²) in [6, 6.07) is 14.1. The van der Waals surface area contributed by atoms with Crippen molar-refractivity contribution in [2.75, 3.05) is 15.8 Å². The third-order valence-electron chi connectivity index (χ3n) is 3.75. The van der Waals surface area contributed by atoms with Crippen LogP contribution in [0.5, 0.6) is 0 Å². The van der Waals surface area contributed by atoms with E-state index in [2.05, 4.69) is 10.0 Å². The minimum Gasteiger partial charge on any atom is -0.423 e. The molecule has 0 unspecified atom stereocenters. The number of carbonyl (C=O) groups is 1. The summed E-state index contributed by atoms with van der Waals surface area (Å²) in [5.74, 6) is -0.375. The highest BCUT2D eigenvalue weighted by Crippen LogP contribution is 2.19. The highest BCUT2D eigenvalue weighted by Gasteiger charge is 2.12. The maximum atomic E-state index is 12.5. The van der Waals surface area contributed by atoms with Crippen LogP contribution >= 0.6 is 0 Å². The highest BCUT2D eigenvalue weighted by atomic mass is 32.2. The summed E-state index contributed by atoms with van der Waals surface area (Å²) in [4.78, 5) is 23.7. The van der Waals surface area contributed by atoms with Crippen molar-refractivity contribution in [1.29, 1.82) is 0 Å². The summed E-state index contributed by atoms with van der Waals surface area (Å²) in [5, 5.41) is 3.42. The molecule has 2 aromatic carbocycles. The number of anilines is 2. The molecule has 140 valence electrons. The van der Waals surface area contributed by atoms with Crippen molar-refractivity contribution >= 4 is 38.3 Å². The average molecular weight is 386 g/mol. The largest absolute Gasteiger partial charge is 0.423 e. The third-order valence-corrected chi connectivity index (χ3v) is 5.24. The number of amides is 1. The van der Waals surface area contributed by atoms with Gasteiger partial charge < -0.3 is 9.73 Å². The lowest BCUT2D eigenvalue weighted by atomic mass is 10.1. The Morgan fingerprint density at radius 1 is 1.04 bits per heavy atom. The van der Waals surface area contributed by atoms with Crippen molar-refractivity contribution in [3.05, 3.63) is 70.6 Å². The molecule has 1 heterocycles. The molecule has 0 aliphatic rings. The van der Waals surface area contributed by atoms with E-state index in [-0.39, 0.29) is 11.7 Å². The number of rotatable bonds is 6. The van der Waals surface area contributed by atoms with E-state index < -0.39 is 15.6 Å². The van der Waals surface area contributed by atoms with E-state index in [0.29, 0.717) is 34.3 Å². The minimum atomic E-state index is -3.43. The fraction of sp³-hybridized carbons (Fsp3) is 0.158. The summed E-state index contributed by atoms with van der Waals surface area (Å²) in [6.07, 6.45) is 0.498. The van der Waals surface area contributed by atoms with Crippen molar-refractivity contribution in [2.24, 2.45) is 0 Å². The topological polar surface area (TPSA) is 105 Å². The molecule has 1 amide bonds. The molecule has 0 aliphatic carbocycles. The SMILES string of the molecule is CCCS(=O)(=O)Nc1cccc(C(=O)Nc2ccc3oc(=O)ccc3c2)c1. The van der Waals surface area contributed by atoms with Gasteiger partial charge in [-0.05, 0) is 48.9 Å². The first-order valence-electron chi connectivity index (χ1n) is 8.32. The van der Waals surface area contributed by atoms with Gasteiger partial charge in [0.1, 0.15) is 5.58 Å². The lowest BCUT2D eigenvalue weighted by Crippen LogP contribution is -2.17. The van der Waals surface area contributed by atoms with E-state index >= 15 is 0 Å². The predicted octanol–water partition coefficient (Wildman–Crippen LogP) is 3.20. The summed E-state index contributed by atoms with van der Waals surface area (Å²) in [6.45, 7) is 1.78. The van der Waals surface area contributed by atoms with Gasteiger partial charge in [-0.15, -0.1) is 0 Å². The number of benzene rings is 2. The number of carbonyl (C=O) groups excluding carboxylic acids is 1. The normalized spacial score (nSPS) is 11.3. The molecule has 0 aliphatic heterocycles. The molecule has 0 radical (unpaired) electrons. The fourth-order valence-electron chi connectivity index (χ4n) is 2.58.